The minimum absolute atomic E-state index is 0.0189. The number of para-hydroxylation sites is 4. The molecule has 8 rings (SSSR count). The molecule has 19 N–H and O–H groups in total. The molecule has 9 amide bonds. The summed E-state index contributed by atoms with van der Waals surface area (Å²) in [5.74, 6) is -18.6. The number of amides is 9. The SMILES string of the molecule is CC(C)C(=O)CCN1C(=O)C=CC1=O.CC(C)C(=O)CI.CC(C)C(=S)Nc1ccc(N=C=S)cc1.CNCCCCCCCC(=O)COC(CNC(=O)c1cccc(C(=O)O)c1O)CNC(=O)c1cccc(C(=O)O)c1O.O=C(CCN1C(=O)C=CC1=O)NCCN(CCNC(=O)c1cccc(C(=O)O)c1O)CCNC(=O)c1cccc(C(=O)O)c1O.O=C(O)c1cc(C(=O)O)c(O)c(C(=O)O)c1. The van der Waals surface area contributed by atoms with Gasteiger partial charge in [-0.2, -0.15) is 4.99 Å². The van der Waals surface area contributed by atoms with Crippen molar-refractivity contribution < 1.29 is 157 Å². The number of aromatic hydroxyl groups is 5. The van der Waals surface area contributed by atoms with Crippen molar-refractivity contribution in [1.82, 2.24) is 46.6 Å². The van der Waals surface area contributed by atoms with Gasteiger partial charge in [-0.15, -0.1) is 0 Å². The normalized spacial score (nSPS) is 11.5. The number of hydrogen-bond acceptors (Lipinski definition) is 30. The molecule has 2 heterocycles. The summed E-state index contributed by atoms with van der Waals surface area (Å²) in [6.45, 7) is 12.5. The summed E-state index contributed by atoms with van der Waals surface area (Å²) >= 11 is 11.8. The number of hydrogen-bond donors (Lipinski definition) is 19. The summed E-state index contributed by atoms with van der Waals surface area (Å²) in [6, 6.07) is 23.7. The van der Waals surface area contributed by atoms with Crippen molar-refractivity contribution in [1.29, 1.82) is 0 Å². The third-order valence-corrected chi connectivity index (χ3v) is 21.0. The van der Waals surface area contributed by atoms with Crippen LogP contribution in [0.2, 0.25) is 0 Å². The average molecular weight is 2080 g/mol. The molecule has 0 bridgehead atoms. The number of rotatable bonds is 47. The lowest BCUT2D eigenvalue weighted by Gasteiger charge is -2.23. The second-order valence-electron chi connectivity index (χ2n) is 30.7. The Hall–Kier alpha value is -15.0. The number of alkyl halides is 1. The third kappa shape index (κ3) is 40.9. The molecule has 746 valence electrons. The number of imide groups is 2. The number of nitrogens with one attached hydrogen (secondary N) is 7. The fraction of sp³-hybridized carbons (Fsp3) is 0.344. The summed E-state index contributed by atoms with van der Waals surface area (Å²) in [5.41, 5.74) is -3.15. The number of halogens is 1. The number of carbonyl (C=O) groups is 19. The molecule has 139 heavy (non-hydrogen) atoms. The number of phenols is 5. The van der Waals surface area contributed by atoms with E-state index in [1.165, 1.54) is 60.7 Å². The number of isothiocyanates is 1. The first-order valence-corrected chi connectivity index (χ1v) is 44.8. The highest BCUT2D eigenvalue weighted by atomic mass is 127. The molecule has 0 aromatic heterocycles. The monoisotopic (exact) mass is 2080 g/mol. The topological polar surface area (TPSA) is 683 Å². The second-order valence-corrected chi connectivity index (χ2v) is 32.1. The molecule has 46 heteroatoms. The molecule has 6 aromatic carbocycles. The Morgan fingerprint density at radius 2 is 0.770 bits per heavy atom. The van der Waals surface area contributed by atoms with Crippen molar-refractivity contribution in [2.75, 3.05) is 95.4 Å². The number of benzene rings is 6. The third-order valence-electron chi connectivity index (χ3n) is 19.6. The van der Waals surface area contributed by atoms with Crippen molar-refractivity contribution in [3.8, 4) is 28.7 Å². The van der Waals surface area contributed by atoms with Gasteiger partial charge in [0, 0.05) is 132 Å². The van der Waals surface area contributed by atoms with Crippen LogP contribution in [0.15, 0.2) is 138 Å². The minimum atomic E-state index is -1.61. The van der Waals surface area contributed by atoms with Crippen molar-refractivity contribution in [3.63, 3.8) is 0 Å². The number of unbranched alkanes of at least 4 members (excludes halogenated alkanes) is 4. The maximum atomic E-state index is 12.7. The summed E-state index contributed by atoms with van der Waals surface area (Å²) in [5, 5.41) is 134. The predicted molar refractivity (Wildman–Crippen MR) is 516 cm³/mol. The first-order valence-electron chi connectivity index (χ1n) is 42.5. The van der Waals surface area contributed by atoms with Crippen LogP contribution in [0.5, 0.6) is 28.7 Å². The van der Waals surface area contributed by atoms with E-state index in [2.05, 4.69) is 96.0 Å². The lowest BCUT2D eigenvalue weighted by molar-refractivity contribution is -0.139. The Balaban J connectivity index is 0.000000477. The van der Waals surface area contributed by atoms with Crippen LogP contribution in [0.4, 0.5) is 11.4 Å². The van der Waals surface area contributed by atoms with Gasteiger partial charge in [-0.1, -0.05) is 120 Å². The number of carbonyl (C=O) groups excluding carboxylic acids is 12. The zero-order valence-corrected chi connectivity index (χ0v) is 80.2. The number of aliphatic imine (C=N–C) groups is 1. The van der Waals surface area contributed by atoms with Crippen LogP contribution in [-0.2, 0) is 43.1 Å². The summed E-state index contributed by atoms with van der Waals surface area (Å²) in [7, 11) is 1.89. The second kappa shape index (κ2) is 61.2. The van der Waals surface area contributed by atoms with E-state index in [1.807, 2.05) is 45.2 Å². The summed E-state index contributed by atoms with van der Waals surface area (Å²) in [4.78, 5) is 228. The van der Waals surface area contributed by atoms with Crippen LogP contribution in [0, 0.1) is 17.8 Å². The van der Waals surface area contributed by atoms with E-state index in [4.69, 9.17) is 42.5 Å². The van der Waals surface area contributed by atoms with E-state index in [0.29, 0.717) is 41.1 Å². The van der Waals surface area contributed by atoms with Gasteiger partial charge in [0.1, 0.15) is 80.3 Å². The Morgan fingerprint density at radius 3 is 1.11 bits per heavy atom. The molecule has 2 aliphatic rings. The van der Waals surface area contributed by atoms with E-state index >= 15 is 0 Å². The molecule has 0 aliphatic carbocycles. The van der Waals surface area contributed by atoms with Crippen molar-refractivity contribution >= 4 is 181 Å². The maximum Gasteiger partial charge on any atom is 0.339 e. The number of Topliss-reactive ketones (excluding diaryl/α,β-unsaturated/α-hetero) is 3. The van der Waals surface area contributed by atoms with Crippen LogP contribution < -0.4 is 37.2 Å². The number of carboxylic acids is 7. The standard InChI is InChI=1S/C29H31N5O11.C29H37N3O10.C11H12N2S2.C10H13NO3.C9H6O7.C5H9IO/c35-21(9-13-34-22(36)7-8-23(34)37)30-10-14-33(15-11-31-26(40)17-3-1-5-19(24(17)38)28(42)43)16-12-32-27(41)18-4-2-6-20(25(18)39)29(44)45;1-30-14-6-4-2-3-5-9-18(33)17-42-19(15-31-26(36)20-10-7-12-22(24(20)34)28(38)39)16-32-27(37)21-11-8-13-23(25(21)35)29(40)41;1-8(2)11(15)13-10-5-3-9(4-6-10)12-7-14;1-7(2)8(12)5-6-11-9(13)3-4-10(11)14;10-6-4(8(13)14)1-3(7(11)12)2-5(6)9(15)16;1-4(2)5(7)3-6/h1-8,38-39H,9-16H2,(H,30,35)(H,31,40)(H,32,41)(H,42,43)(H,44,45);7-8,10-13,19,30,34-35H,2-6,9,14-17H2,1H3,(H,31,36)(H,32,37)(H,38,39)(H,40,41);3-6,8H,1-2H3,(H,13,15);3-4,7H,5-6H2,1-2H3;1-2,10H,(H,11,12)(H,13,14)(H,15,16);4H,3H2,1-2H3. The van der Waals surface area contributed by atoms with E-state index in [-0.39, 0.29) is 142 Å². The molecular weight excluding hydrogens is 1970 g/mol. The van der Waals surface area contributed by atoms with Crippen LogP contribution in [-0.4, -0.2) is 295 Å². The fourth-order valence-electron chi connectivity index (χ4n) is 11.7. The van der Waals surface area contributed by atoms with Gasteiger partial charge < -0.3 is 103 Å². The zero-order chi connectivity index (χ0) is 104. The largest absolute Gasteiger partial charge is 0.506 e. The summed E-state index contributed by atoms with van der Waals surface area (Å²) < 4.78 is 6.32. The predicted octanol–water partition coefficient (Wildman–Crippen LogP) is 8.03. The van der Waals surface area contributed by atoms with Crippen molar-refractivity contribution in [2.45, 2.75) is 99.0 Å². The van der Waals surface area contributed by atoms with Gasteiger partial charge in [0.05, 0.1) is 54.2 Å². The quantitative estimate of drug-likeness (QED) is 0.00429. The molecule has 0 fully saturated rings. The van der Waals surface area contributed by atoms with Gasteiger partial charge in [0.2, 0.25) is 5.91 Å². The molecule has 0 saturated carbocycles. The lowest BCUT2D eigenvalue weighted by atomic mass is 10.0. The van der Waals surface area contributed by atoms with Gasteiger partial charge in [-0.25, -0.2) is 33.6 Å². The fourth-order valence-corrected chi connectivity index (χ4v) is 12.8. The number of ether oxygens (including phenoxy) is 1. The number of thiocarbonyl (C=S) groups is 2. The highest BCUT2D eigenvalue weighted by Gasteiger charge is 2.29. The Labute approximate surface area is 820 Å². The van der Waals surface area contributed by atoms with Crippen molar-refractivity contribution in [2.24, 2.45) is 22.7 Å². The molecule has 0 saturated heterocycles. The molecule has 2 aliphatic heterocycles. The molecule has 6 aromatic rings. The van der Waals surface area contributed by atoms with Gasteiger partial charge in [-0.3, -0.25) is 72.2 Å². The van der Waals surface area contributed by atoms with Crippen LogP contribution >= 0.6 is 47.0 Å². The van der Waals surface area contributed by atoms with E-state index < -0.39 is 157 Å². The molecule has 0 spiro atoms. The number of ketones is 3. The minimum Gasteiger partial charge on any atom is -0.506 e. The smallest absolute Gasteiger partial charge is 0.339 e. The number of nitrogens with zero attached hydrogens (tertiary/aromatic N) is 4. The lowest BCUT2D eigenvalue weighted by Crippen LogP contribution is -2.43. The Morgan fingerprint density at radius 1 is 0.424 bits per heavy atom. The van der Waals surface area contributed by atoms with Gasteiger partial charge in [-0.05, 0) is 124 Å². The van der Waals surface area contributed by atoms with E-state index in [0.717, 1.165) is 94.8 Å². The first kappa shape index (κ1) is 118. The zero-order valence-electron chi connectivity index (χ0n) is 76.4. The number of carboxylic acid groups (broad SMARTS) is 7. The highest BCUT2D eigenvalue weighted by molar-refractivity contribution is 14.1. The van der Waals surface area contributed by atoms with Crippen molar-refractivity contribution in [3.05, 3.63) is 195 Å². The maximum absolute atomic E-state index is 12.7. The van der Waals surface area contributed by atoms with E-state index in [1.54, 1.807) is 18.7 Å². The highest BCUT2D eigenvalue weighted by Crippen LogP contribution is 2.29. The average Bonchev–Trinajstić information content (AvgIpc) is 1.45. The van der Waals surface area contributed by atoms with Crippen LogP contribution in [0.3, 0.4) is 0 Å². The van der Waals surface area contributed by atoms with Gasteiger partial charge in [0.25, 0.3) is 47.3 Å². The molecule has 0 radical (unpaired) electrons. The first-order chi connectivity index (χ1) is 65.6. The molecule has 0 atom stereocenters. The Kier molecular flexibility index (Phi) is 52.0. The summed E-state index contributed by atoms with van der Waals surface area (Å²) in [6.07, 6.45) is 8.86. The number of aromatic carboxylic acids is 7. The van der Waals surface area contributed by atoms with Gasteiger partial charge >= 0.3 is 41.8 Å². The Bertz CT molecular complexity index is 5370. The molecule has 43 nitrogen and oxygen atoms in total. The molecule has 0 unspecified atom stereocenters. The van der Waals surface area contributed by atoms with E-state index in [9.17, 15) is 127 Å². The van der Waals surface area contributed by atoms with Crippen LogP contribution in [0.1, 0.15) is 207 Å². The number of anilines is 1. The van der Waals surface area contributed by atoms with Gasteiger partial charge in [0.15, 0.2) is 5.78 Å². The molecular formula is C93H108IN11O32S2. The van der Waals surface area contributed by atoms with Crippen LogP contribution in [0.25, 0.3) is 0 Å².